The number of fused-ring (bicyclic) bond motifs is 3. The Morgan fingerprint density at radius 2 is 2.04 bits per heavy atom. The van der Waals surface area contributed by atoms with Crippen LogP contribution < -0.4 is 16.4 Å². The topological polar surface area (TPSA) is 100 Å². The molecule has 1 aliphatic carbocycles. The minimum Gasteiger partial charge on any atom is -0.350 e. The van der Waals surface area contributed by atoms with Gasteiger partial charge < -0.3 is 21.4 Å². The van der Waals surface area contributed by atoms with Crippen molar-refractivity contribution in [1.29, 1.82) is 0 Å². The standard InChI is InChI=1S/C20H23FN4O2/c21-12-1-6-16-15(10-12)18-11(7-8-23-20(27)19(18)25-16)9-17(26)24-14-4-2-13(22)3-5-14/h1,6,9-10,13-14,25H,2-5,7-8,22H2,(H,23,27)(H,24,26). The molecular formula is C20H23FN4O2. The number of nitrogens with one attached hydrogen (secondary N) is 3. The van der Waals surface area contributed by atoms with Crippen LogP contribution in [0.1, 0.15) is 48.2 Å². The maximum absolute atomic E-state index is 13.8. The highest BCUT2D eigenvalue weighted by Gasteiger charge is 2.25. The molecule has 0 bridgehead atoms. The average Bonchev–Trinajstić information content (AvgIpc) is 2.94. The fourth-order valence-corrected chi connectivity index (χ4v) is 4.00. The van der Waals surface area contributed by atoms with Gasteiger partial charge in [0.2, 0.25) is 5.91 Å². The summed E-state index contributed by atoms with van der Waals surface area (Å²) in [5, 5.41) is 6.47. The average molecular weight is 370 g/mol. The SMILES string of the molecule is NC1CCC(NC(=O)C=C2CCNC(=O)c3[nH]c4ccc(F)cc4c32)CC1. The summed E-state index contributed by atoms with van der Waals surface area (Å²) in [6.07, 6.45) is 5.62. The van der Waals surface area contributed by atoms with Gasteiger partial charge in [-0.15, -0.1) is 0 Å². The predicted octanol–water partition coefficient (Wildman–Crippen LogP) is 2.21. The maximum Gasteiger partial charge on any atom is 0.268 e. The quantitative estimate of drug-likeness (QED) is 0.610. The first-order valence-corrected chi connectivity index (χ1v) is 9.37. The smallest absolute Gasteiger partial charge is 0.268 e. The molecule has 0 spiro atoms. The van der Waals surface area contributed by atoms with Crippen LogP contribution in [0.2, 0.25) is 0 Å². The van der Waals surface area contributed by atoms with Crippen LogP contribution in [-0.4, -0.2) is 35.4 Å². The van der Waals surface area contributed by atoms with Crippen molar-refractivity contribution in [1.82, 2.24) is 15.6 Å². The van der Waals surface area contributed by atoms with Crippen molar-refractivity contribution in [3.05, 3.63) is 41.3 Å². The van der Waals surface area contributed by atoms with E-state index in [-0.39, 0.29) is 29.7 Å². The molecule has 0 saturated heterocycles. The van der Waals surface area contributed by atoms with Crippen LogP contribution in [0, 0.1) is 5.82 Å². The van der Waals surface area contributed by atoms with Crippen molar-refractivity contribution in [2.75, 3.05) is 6.54 Å². The molecule has 4 rings (SSSR count). The predicted molar refractivity (Wildman–Crippen MR) is 102 cm³/mol. The number of rotatable bonds is 2. The van der Waals surface area contributed by atoms with Gasteiger partial charge in [-0.25, -0.2) is 4.39 Å². The van der Waals surface area contributed by atoms with E-state index in [0.717, 1.165) is 31.3 Å². The Labute approximate surface area is 156 Å². The summed E-state index contributed by atoms with van der Waals surface area (Å²) < 4.78 is 13.8. The number of aromatic amines is 1. The van der Waals surface area contributed by atoms with Gasteiger partial charge in [-0.3, -0.25) is 9.59 Å². The zero-order valence-corrected chi connectivity index (χ0v) is 15.0. The van der Waals surface area contributed by atoms with Gasteiger partial charge in [-0.1, -0.05) is 0 Å². The molecule has 2 amide bonds. The summed E-state index contributed by atoms with van der Waals surface area (Å²) in [5.41, 5.74) is 8.30. The number of benzene rings is 1. The first-order chi connectivity index (χ1) is 13.0. The second-order valence-corrected chi connectivity index (χ2v) is 7.36. The molecule has 0 atom stereocenters. The molecule has 6 nitrogen and oxygen atoms in total. The minimum atomic E-state index is -0.378. The van der Waals surface area contributed by atoms with E-state index in [0.29, 0.717) is 35.1 Å². The fraction of sp³-hybridized carbons (Fsp3) is 0.400. The number of carbonyl (C=O) groups excluding carboxylic acids is 2. The lowest BCUT2D eigenvalue weighted by atomic mass is 9.91. The molecule has 2 aliphatic rings. The summed E-state index contributed by atoms with van der Waals surface area (Å²) in [7, 11) is 0. The number of H-pyrrole nitrogens is 1. The molecule has 27 heavy (non-hydrogen) atoms. The normalized spacial score (nSPS) is 24.4. The van der Waals surface area contributed by atoms with E-state index in [1.807, 2.05) is 0 Å². The highest BCUT2D eigenvalue weighted by atomic mass is 19.1. The van der Waals surface area contributed by atoms with Crippen molar-refractivity contribution in [2.24, 2.45) is 5.73 Å². The molecule has 1 aliphatic heterocycles. The molecule has 0 radical (unpaired) electrons. The van der Waals surface area contributed by atoms with Crippen LogP contribution in [0.5, 0.6) is 0 Å². The first kappa shape index (κ1) is 17.7. The molecule has 0 unspecified atom stereocenters. The van der Waals surface area contributed by atoms with E-state index < -0.39 is 0 Å². The number of halogens is 1. The summed E-state index contributed by atoms with van der Waals surface area (Å²) in [6, 6.07) is 4.70. The first-order valence-electron chi connectivity index (χ1n) is 9.37. The Morgan fingerprint density at radius 1 is 1.26 bits per heavy atom. The zero-order chi connectivity index (χ0) is 19.0. The molecule has 5 N–H and O–H groups in total. The number of aromatic nitrogens is 1. The zero-order valence-electron chi connectivity index (χ0n) is 15.0. The minimum absolute atomic E-state index is 0.125. The summed E-state index contributed by atoms with van der Waals surface area (Å²) in [6.45, 7) is 0.426. The van der Waals surface area contributed by atoms with Gasteiger partial charge in [0.05, 0.1) is 0 Å². The van der Waals surface area contributed by atoms with Gasteiger partial charge in [0, 0.05) is 41.2 Å². The van der Waals surface area contributed by atoms with E-state index in [2.05, 4.69) is 15.6 Å². The van der Waals surface area contributed by atoms with Crippen molar-refractivity contribution in [3.8, 4) is 0 Å². The Hall–Kier alpha value is -2.67. The number of carbonyl (C=O) groups is 2. The Morgan fingerprint density at radius 3 is 2.81 bits per heavy atom. The largest absolute Gasteiger partial charge is 0.350 e. The Bertz CT molecular complexity index is 925. The van der Waals surface area contributed by atoms with E-state index in [9.17, 15) is 14.0 Å². The van der Waals surface area contributed by atoms with Gasteiger partial charge in [-0.05, 0) is 55.9 Å². The van der Waals surface area contributed by atoms with Crippen LogP contribution >= 0.6 is 0 Å². The molecule has 1 aromatic heterocycles. The van der Waals surface area contributed by atoms with Gasteiger partial charge in [0.1, 0.15) is 11.5 Å². The van der Waals surface area contributed by atoms with Crippen molar-refractivity contribution in [2.45, 2.75) is 44.2 Å². The number of hydrogen-bond acceptors (Lipinski definition) is 3. The van der Waals surface area contributed by atoms with Gasteiger partial charge in [0.15, 0.2) is 0 Å². The van der Waals surface area contributed by atoms with E-state index in [1.54, 1.807) is 12.1 Å². The molecule has 1 aromatic carbocycles. The second kappa shape index (κ2) is 7.15. The maximum atomic E-state index is 13.8. The lowest BCUT2D eigenvalue weighted by Gasteiger charge is -2.26. The van der Waals surface area contributed by atoms with Gasteiger partial charge in [-0.2, -0.15) is 0 Å². The molecule has 1 fully saturated rings. The fourth-order valence-electron chi connectivity index (χ4n) is 4.00. The van der Waals surface area contributed by atoms with Crippen molar-refractivity contribution >= 4 is 28.3 Å². The van der Waals surface area contributed by atoms with Crippen LogP contribution in [0.4, 0.5) is 4.39 Å². The third-order valence-corrected chi connectivity index (χ3v) is 5.41. The summed E-state index contributed by atoms with van der Waals surface area (Å²) in [4.78, 5) is 28.0. The van der Waals surface area contributed by atoms with Crippen LogP contribution in [0.15, 0.2) is 24.3 Å². The van der Waals surface area contributed by atoms with E-state index in [1.165, 1.54) is 12.1 Å². The van der Waals surface area contributed by atoms with Crippen LogP contribution in [0.25, 0.3) is 16.5 Å². The lowest BCUT2D eigenvalue weighted by Crippen LogP contribution is -2.39. The number of hydrogen-bond donors (Lipinski definition) is 4. The Kier molecular flexibility index (Phi) is 4.70. The molecule has 1 saturated carbocycles. The number of amides is 2. The highest BCUT2D eigenvalue weighted by Crippen LogP contribution is 2.33. The third-order valence-electron chi connectivity index (χ3n) is 5.41. The molecular weight excluding hydrogens is 347 g/mol. The van der Waals surface area contributed by atoms with Gasteiger partial charge in [0.25, 0.3) is 5.91 Å². The summed E-state index contributed by atoms with van der Waals surface area (Å²) in [5.74, 6) is -0.806. The molecule has 2 aromatic rings. The van der Waals surface area contributed by atoms with Crippen molar-refractivity contribution < 1.29 is 14.0 Å². The number of nitrogens with two attached hydrogens (primary N) is 1. The van der Waals surface area contributed by atoms with Gasteiger partial charge >= 0.3 is 0 Å². The van der Waals surface area contributed by atoms with E-state index in [4.69, 9.17) is 5.73 Å². The van der Waals surface area contributed by atoms with E-state index >= 15 is 0 Å². The molecule has 2 heterocycles. The highest BCUT2D eigenvalue weighted by molar-refractivity contribution is 6.10. The summed E-state index contributed by atoms with van der Waals surface area (Å²) >= 11 is 0. The Balaban J connectivity index is 1.66. The van der Waals surface area contributed by atoms with Crippen molar-refractivity contribution in [3.63, 3.8) is 0 Å². The second-order valence-electron chi connectivity index (χ2n) is 7.36. The monoisotopic (exact) mass is 370 g/mol. The molecule has 7 heteroatoms. The third kappa shape index (κ3) is 3.60. The van der Waals surface area contributed by atoms with Crippen LogP contribution in [0.3, 0.4) is 0 Å². The molecule has 142 valence electrons. The van der Waals surface area contributed by atoms with Crippen LogP contribution in [-0.2, 0) is 4.79 Å². The lowest BCUT2D eigenvalue weighted by molar-refractivity contribution is -0.117.